The Bertz CT molecular complexity index is 237. The number of hydrogen-bond donors (Lipinski definition) is 0. The largest absolute Gasteiger partial charge is 0.282 e. The molecule has 0 amide bonds. The Hall–Kier alpha value is 0.0700. The Morgan fingerprint density at radius 3 is 2.20 bits per heavy atom. The molecule has 0 aliphatic heterocycles. The molecule has 0 bridgehead atoms. The fourth-order valence-electron chi connectivity index (χ4n) is 0.422. The molecule has 1 nitrogen and oxygen atoms in total. The molecule has 0 unspecified atom stereocenters. The second kappa shape index (κ2) is 2.98. The van der Waals surface area contributed by atoms with E-state index in [1.54, 1.807) is 0 Å². The molecule has 0 saturated heterocycles. The molecule has 56 valence electrons. The molecule has 0 spiro atoms. The number of thiazole rings is 1. The average Bonchev–Trinajstić information content (AvgIpc) is 2.10. The van der Waals surface area contributed by atoms with Gasteiger partial charge in [0.1, 0.15) is 10.0 Å². The molecule has 0 aromatic carbocycles. The smallest absolute Gasteiger partial charge is 0.222 e. The minimum atomic E-state index is -2.64. The molecule has 0 N–H and O–H groups in total. The predicted molar refractivity (Wildman–Crippen MR) is 37.1 cm³/mol. The van der Waals surface area contributed by atoms with Crippen LogP contribution in [0, 0.1) is 0 Å². The zero-order valence-corrected chi connectivity index (χ0v) is 6.77. The molecule has 0 saturated carbocycles. The van der Waals surface area contributed by atoms with Crippen LogP contribution < -0.4 is 0 Å². The Morgan fingerprint density at radius 2 is 2.00 bits per heavy atom. The van der Waals surface area contributed by atoms with E-state index in [1.165, 1.54) is 0 Å². The first-order valence-electron chi connectivity index (χ1n) is 2.21. The fourth-order valence-corrected chi connectivity index (χ4v) is 1.74. The summed E-state index contributed by atoms with van der Waals surface area (Å²) in [7, 11) is 0. The van der Waals surface area contributed by atoms with Gasteiger partial charge in [0, 0.05) is 0 Å². The third-order valence-electron chi connectivity index (χ3n) is 0.790. The molecular formula is C4HCl2F2NS. The molecule has 1 rings (SSSR count). The van der Waals surface area contributed by atoms with Crippen LogP contribution in [0.25, 0.3) is 0 Å². The van der Waals surface area contributed by atoms with Crippen LogP contribution in [0.4, 0.5) is 8.78 Å². The highest BCUT2D eigenvalue weighted by atomic mass is 35.5. The van der Waals surface area contributed by atoms with E-state index >= 15 is 0 Å². The van der Waals surface area contributed by atoms with Crippen LogP contribution in [0.1, 0.15) is 12.1 Å². The maximum Gasteiger partial charge on any atom is 0.282 e. The average molecular weight is 204 g/mol. The minimum Gasteiger partial charge on any atom is -0.222 e. The van der Waals surface area contributed by atoms with Gasteiger partial charge in [-0.1, -0.05) is 34.5 Å². The van der Waals surface area contributed by atoms with Gasteiger partial charge in [-0.05, 0) is 0 Å². The topological polar surface area (TPSA) is 12.9 Å². The normalized spacial score (nSPS) is 10.9. The molecule has 1 heterocycles. The quantitative estimate of drug-likeness (QED) is 0.683. The lowest BCUT2D eigenvalue weighted by Crippen LogP contribution is -1.82. The summed E-state index contributed by atoms with van der Waals surface area (Å²) in [5.41, 5.74) is -0.434. The predicted octanol–water partition coefficient (Wildman–Crippen LogP) is 3.39. The molecule has 0 aliphatic rings. The summed E-state index contributed by atoms with van der Waals surface area (Å²) >= 11 is 11.5. The van der Waals surface area contributed by atoms with Gasteiger partial charge in [-0.2, -0.15) is 0 Å². The van der Waals surface area contributed by atoms with Crippen LogP contribution in [0.5, 0.6) is 0 Å². The summed E-state index contributed by atoms with van der Waals surface area (Å²) < 4.78 is 23.7. The number of halogens is 4. The Kier molecular flexibility index (Phi) is 2.44. The van der Waals surface area contributed by atoms with Crippen LogP contribution in [-0.4, -0.2) is 4.98 Å². The minimum absolute atomic E-state index is 0.0417. The lowest BCUT2D eigenvalue weighted by molar-refractivity contribution is 0.147. The zero-order chi connectivity index (χ0) is 7.72. The molecule has 6 heteroatoms. The van der Waals surface area contributed by atoms with E-state index < -0.39 is 12.1 Å². The van der Waals surface area contributed by atoms with E-state index in [0.29, 0.717) is 0 Å². The first kappa shape index (κ1) is 8.17. The standard InChI is InChI=1S/C4HCl2F2NS/c5-2-1(3(7)8)9-4(6)10-2/h3H. The van der Waals surface area contributed by atoms with Crippen molar-refractivity contribution in [2.75, 3.05) is 0 Å². The molecule has 10 heavy (non-hydrogen) atoms. The van der Waals surface area contributed by atoms with E-state index in [-0.39, 0.29) is 8.80 Å². The number of aromatic nitrogens is 1. The Labute approximate surface area is 69.6 Å². The third kappa shape index (κ3) is 1.56. The highest BCUT2D eigenvalue weighted by Gasteiger charge is 2.16. The van der Waals surface area contributed by atoms with Gasteiger partial charge in [0.05, 0.1) is 0 Å². The summed E-state index contributed by atoms with van der Waals surface area (Å²) in [4.78, 5) is 3.31. The van der Waals surface area contributed by atoms with Gasteiger partial charge in [-0.25, -0.2) is 13.8 Å². The van der Waals surface area contributed by atoms with Gasteiger partial charge in [0.2, 0.25) is 0 Å². The second-order valence-corrected chi connectivity index (χ2v) is 3.61. The number of nitrogens with zero attached hydrogens (tertiary/aromatic N) is 1. The maximum absolute atomic E-state index is 11.8. The van der Waals surface area contributed by atoms with Crippen molar-refractivity contribution in [2.24, 2.45) is 0 Å². The van der Waals surface area contributed by atoms with Crippen LogP contribution >= 0.6 is 34.5 Å². The van der Waals surface area contributed by atoms with E-state index in [9.17, 15) is 8.78 Å². The van der Waals surface area contributed by atoms with Crippen molar-refractivity contribution >= 4 is 34.5 Å². The van der Waals surface area contributed by atoms with Crippen molar-refractivity contribution < 1.29 is 8.78 Å². The summed E-state index contributed by atoms with van der Waals surface area (Å²) in [5.74, 6) is 0. The van der Waals surface area contributed by atoms with E-state index in [4.69, 9.17) is 23.2 Å². The van der Waals surface area contributed by atoms with Gasteiger partial charge in [-0.3, -0.25) is 0 Å². The Morgan fingerprint density at radius 1 is 1.40 bits per heavy atom. The van der Waals surface area contributed by atoms with E-state index in [2.05, 4.69) is 4.98 Å². The molecule has 0 fully saturated rings. The van der Waals surface area contributed by atoms with Crippen molar-refractivity contribution in [1.82, 2.24) is 4.98 Å². The summed E-state index contributed by atoms with van der Waals surface area (Å²) in [5, 5.41) is 0. The Balaban J connectivity index is 3.03. The van der Waals surface area contributed by atoms with Crippen LogP contribution in [-0.2, 0) is 0 Å². The van der Waals surface area contributed by atoms with E-state index in [0.717, 1.165) is 11.3 Å². The molecule has 1 aromatic heterocycles. The maximum atomic E-state index is 11.8. The van der Waals surface area contributed by atoms with Gasteiger partial charge >= 0.3 is 0 Å². The molecular weight excluding hydrogens is 203 g/mol. The van der Waals surface area contributed by atoms with Crippen molar-refractivity contribution in [3.63, 3.8) is 0 Å². The number of rotatable bonds is 1. The summed E-state index contributed by atoms with van der Waals surface area (Å²) in [6.45, 7) is 0. The molecule has 0 atom stereocenters. The molecule has 0 aliphatic carbocycles. The number of hydrogen-bond acceptors (Lipinski definition) is 2. The van der Waals surface area contributed by atoms with Crippen LogP contribution in [0.15, 0.2) is 0 Å². The SMILES string of the molecule is FC(F)c1nc(Cl)sc1Cl. The van der Waals surface area contributed by atoms with Crippen LogP contribution in [0.2, 0.25) is 8.80 Å². The molecule has 0 radical (unpaired) electrons. The lowest BCUT2D eigenvalue weighted by atomic mass is 10.5. The monoisotopic (exact) mass is 203 g/mol. The van der Waals surface area contributed by atoms with Gasteiger partial charge in [0.15, 0.2) is 4.47 Å². The lowest BCUT2D eigenvalue weighted by Gasteiger charge is -1.89. The van der Waals surface area contributed by atoms with Gasteiger partial charge in [0.25, 0.3) is 6.43 Å². The second-order valence-electron chi connectivity index (χ2n) is 1.43. The zero-order valence-electron chi connectivity index (χ0n) is 4.44. The van der Waals surface area contributed by atoms with E-state index in [1.807, 2.05) is 0 Å². The van der Waals surface area contributed by atoms with Gasteiger partial charge < -0.3 is 0 Å². The summed E-state index contributed by atoms with van der Waals surface area (Å²) in [6.07, 6.45) is -2.64. The van der Waals surface area contributed by atoms with Crippen molar-refractivity contribution in [3.05, 3.63) is 14.5 Å². The fraction of sp³-hybridized carbons (Fsp3) is 0.250. The van der Waals surface area contributed by atoms with Crippen molar-refractivity contribution in [2.45, 2.75) is 6.43 Å². The first-order valence-corrected chi connectivity index (χ1v) is 3.78. The van der Waals surface area contributed by atoms with Crippen molar-refractivity contribution in [3.8, 4) is 0 Å². The van der Waals surface area contributed by atoms with Crippen molar-refractivity contribution in [1.29, 1.82) is 0 Å². The number of alkyl halides is 2. The van der Waals surface area contributed by atoms with Crippen LogP contribution in [0.3, 0.4) is 0 Å². The highest BCUT2D eigenvalue weighted by Crippen LogP contribution is 2.33. The highest BCUT2D eigenvalue weighted by molar-refractivity contribution is 7.19. The molecule has 1 aromatic rings. The third-order valence-corrected chi connectivity index (χ3v) is 2.18. The van der Waals surface area contributed by atoms with Gasteiger partial charge in [-0.15, -0.1) is 0 Å². The first-order chi connectivity index (χ1) is 4.61. The summed E-state index contributed by atoms with van der Waals surface area (Å²) in [6, 6.07) is 0.